The van der Waals surface area contributed by atoms with E-state index in [4.69, 9.17) is 4.74 Å². The molecule has 0 spiro atoms. The van der Waals surface area contributed by atoms with E-state index < -0.39 is 41.5 Å². The number of anilines is 2. The topological polar surface area (TPSA) is 205 Å². The molecule has 0 radical (unpaired) electrons. The minimum Gasteiger partial charge on any atom is -0.871 e. The van der Waals surface area contributed by atoms with Gasteiger partial charge in [-0.3, -0.25) is 4.55 Å². The standard InChI is InChI=1S/C30H25N5O8S2.2Na/c1-18-13-26(27(43-2)17-25(18)33-32-22-9-6-10-23(16-22)44(37,38)39)34-35-29-28(45(40,41)42)15-19-14-21(11-12-24(19)30(29)36)31-20-7-4-3-5-8-20;;/h3-17,31,36H,1-2H3,(H,37,38,39)(H,40,41,42);;/q;2*+1/p-2. The zero-order valence-corrected chi connectivity index (χ0v) is 31.2. The van der Waals surface area contributed by atoms with Crippen LogP contribution in [0.1, 0.15) is 5.56 Å². The van der Waals surface area contributed by atoms with Crippen LogP contribution in [0.5, 0.6) is 11.5 Å². The van der Waals surface area contributed by atoms with Crippen molar-refractivity contribution in [1.82, 2.24) is 0 Å². The third-order valence-corrected chi connectivity index (χ3v) is 8.20. The Labute approximate surface area is 314 Å². The molecule has 0 amide bonds. The number of hydrogen-bond donors (Lipinski definition) is 2. The van der Waals surface area contributed by atoms with E-state index in [-0.39, 0.29) is 87.0 Å². The Balaban J connectivity index is 0.00000300. The van der Waals surface area contributed by atoms with E-state index in [0.29, 0.717) is 16.9 Å². The van der Waals surface area contributed by atoms with Crippen LogP contribution in [0.25, 0.3) is 10.8 Å². The average molecular weight is 692 g/mol. The second-order valence-corrected chi connectivity index (χ2v) is 12.4. The Morgan fingerprint density at radius 1 is 0.766 bits per heavy atom. The van der Waals surface area contributed by atoms with Crippen LogP contribution in [0.2, 0.25) is 0 Å². The molecule has 2 N–H and O–H groups in total. The fourth-order valence-electron chi connectivity index (χ4n) is 4.32. The van der Waals surface area contributed by atoms with Gasteiger partial charge >= 0.3 is 59.1 Å². The summed E-state index contributed by atoms with van der Waals surface area (Å²) in [6, 6.07) is 23.1. The van der Waals surface area contributed by atoms with Crippen LogP contribution < -0.4 is 74.3 Å². The zero-order valence-electron chi connectivity index (χ0n) is 25.6. The predicted octanol–water partition coefficient (Wildman–Crippen LogP) is 0.964. The summed E-state index contributed by atoms with van der Waals surface area (Å²) >= 11 is 0. The number of fused-ring (bicyclic) bond motifs is 1. The molecule has 0 atom stereocenters. The number of rotatable bonds is 9. The molecule has 0 aliphatic carbocycles. The number of aryl methyl sites for hydroxylation is 1. The summed E-state index contributed by atoms with van der Waals surface area (Å²) in [6.45, 7) is 1.66. The van der Waals surface area contributed by atoms with Crippen molar-refractivity contribution in [2.75, 3.05) is 12.4 Å². The van der Waals surface area contributed by atoms with E-state index in [0.717, 1.165) is 23.9 Å². The van der Waals surface area contributed by atoms with Crippen molar-refractivity contribution >= 4 is 65.1 Å². The maximum Gasteiger partial charge on any atom is 1.00 e. The second-order valence-electron chi connectivity index (χ2n) is 9.62. The van der Waals surface area contributed by atoms with Gasteiger partial charge in [-0.05, 0) is 77.9 Å². The number of azo groups is 2. The van der Waals surface area contributed by atoms with E-state index in [2.05, 4.69) is 25.8 Å². The van der Waals surface area contributed by atoms with Gasteiger partial charge in [-0.25, -0.2) is 8.42 Å². The number of ether oxygens (including phenoxy) is 1. The summed E-state index contributed by atoms with van der Waals surface area (Å²) in [5, 5.41) is 33.1. The molecule has 5 aromatic rings. The van der Waals surface area contributed by atoms with Crippen LogP contribution in [0.15, 0.2) is 121 Å². The molecule has 13 nitrogen and oxygen atoms in total. The summed E-state index contributed by atoms with van der Waals surface area (Å²) in [5.41, 5.74) is 1.81. The smallest absolute Gasteiger partial charge is 0.871 e. The van der Waals surface area contributed by atoms with Gasteiger partial charge in [0.2, 0.25) is 0 Å². The first-order valence-electron chi connectivity index (χ1n) is 13.0. The molecule has 0 saturated carbocycles. The van der Waals surface area contributed by atoms with Crippen LogP contribution in [0, 0.1) is 6.92 Å². The molecule has 0 heterocycles. The second kappa shape index (κ2) is 15.8. The van der Waals surface area contributed by atoms with Gasteiger partial charge in [0.1, 0.15) is 26.5 Å². The number of nitrogens with zero attached hydrogens (tertiary/aromatic N) is 4. The SMILES string of the molecule is COc1cc(N=Nc2cccc(S(=O)(=O)[O-])c2)c(C)cc1N=Nc1c(S(=O)(=O)O)cc2cc(Nc3ccccc3)ccc2c1[O-].[Na+].[Na+]. The Morgan fingerprint density at radius 2 is 1.47 bits per heavy atom. The van der Waals surface area contributed by atoms with Crippen LogP contribution in [0.3, 0.4) is 0 Å². The summed E-state index contributed by atoms with van der Waals surface area (Å²) in [7, 11) is -8.23. The number of para-hydroxylation sites is 1. The van der Waals surface area contributed by atoms with Crippen molar-refractivity contribution < 1.29 is 94.9 Å². The van der Waals surface area contributed by atoms with Crippen molar-refractivity contribution in [1.29, 1.82) is 0 Å². The van der Waals surface area contributed by atoms with E-state index in [9.17, 15) is 31.0 Å². The molecule has 0 bridgehead atoms. The van der Waals surface area contributed by atoms with Crippen LogP contribution in [-0.4, -0.2) is 33.1 Å². The maximum absolute atomic E-state index is 13.4. The Bertz CT molecular complexity index is 2220. The first-order chi connectivity index (χ1) is 21.3. The Kier molecular flexibility index (Phi) is 12.8. The van der Waals surface area contributed by atoms with E-state index >= 15 is 0 Å². The van der Waals surface area contributed by atoms with Crippen molar-refractivity contribution in [2.45, 2.75) is 16.7 Å². The van der Waals surface area contributed by atoms with Gasteiger partial charge in [0, 0.05) is 17.4 Å². The number of benzene rings is 5. The minimum atomic E-state index is -4.89. The van der Waals surface area contributed by atoms with Crippen LogP contribution in [0.4, 0.5) is 34.1 Å². The van der Waals surface area contributed by atoms with Gasteiger partial charge in [0.25, 0.3) is 10.1 Å². The quantitative estimate of drug-likeness (QED) is 0.128. The van der Waals surface area contributed by atoms with E-state index in [1.54, 1.807) is 19.1 Å². The predicted molar refractivity (Wildman–Crippen MR) is 163 cm³/mol. The van der Waals surface area contributed by atoms with Gasteiger partial charge in [0.15, 0.2) is 0 Å². The maximum atomic E-state index is 13.4. The summed E-state index contributed by atoms with van der Waals surface area (Å²) in [5.74, 6) is -0.633. The van der Waals surface area contributed by atoms with Crippen LogP contribution in [-0.2, 0) is 20.2 Å². The zero-order chi connectivity index (χ0) is 32.4. The molecule has 230 valence electrons. The average Bonchev–Trinajstić information content (AvgIpc) is 2.99. The van der Waals surface area contributed by atoms with Gasteiger partial charge in [-0.2, -0.15) is 18.6 Å². The molecule has 47 heavy (non-hydrogen) atoms. The first kappa shape index (κ1) is 38.2. The third kappa shape index (κ3) is 9.23. The largest absolute Gasteiger partial charge is 1.00 e. The molecule has 0 aromatic heterocycles. The molecule has 17 heteroatoms. The molecule has 0 unspecified atom stereocenters. The monoisotopic (exact) mass is 691 g/mol. The number of hydrogen-bond acceptors (Lipinski definition) is 12. The molecular weight excluding hydrogens is 668 g/mol. The van der Waals surface area contributed by atoms with Crippen molar-refractivity contribution in [3.05, 3.63) is 96.6 Å². The van der Waals surface area contributed by atoms with E-state index in [1.807, 2.05) is 30.3 Å². The normalized spacial score (nSPS) is 11.7. The molecule has 0 fully saturated rings. The third-order valence-electron chi connectivity index (χ3n) is 6.51. The van der Waals surface area contributed by atoms with Crippen LogP contribution >= 0.6 is 0 Å². The number of methoxy groups -OCH3 is 1. The molecule has 0 aliphatic heterocycles. The number of nitrogens with one attached hydrogen (secondary N) is 1. The van der Waals surface area contributed by atoms with Gasteiger partial charge < -0.3 is 19.7 Å². The minimum absolute atomic E-state index is 0. The van der Waals surface area contributed by atoms with Crippen molar-refractivity contribution in [3.63, 3.8) is 0 Å². The van der Waals surface area contributed by atoms with Gasteiger partial charge in [-0.15, -0.1) is 10.2 Å². The molecule has 0 saturated heterocycles. The summed E-state index contributed by atoms with van der Waals surface area (Å²) in [6.07, 6.45) is 0. The molecule has 0 aliphatic rings. The van der Waals surface area contributed by atoms with Gasteiger partial charge in [0.05, 0.1) is 29.1 Å². The van der Waals surface area contributed by atoms with E-state index in [1.165, 1.54) is 37.4 Å². The fraction of sp³-hybridized carbons (Fsp3) is 0.0667. The summed E-state index contributed by atoms with van der Waals surface area (Å²) < 4.78 is 73.9. The molecule has 5 rings (SSSR count). The molecule has 5 aromatic carbocycles. The molecular formula is C30H23N5Na2O8S2. The Morgan fingerprint density at radius 3 is 2.13 bits per heavy atom. The van der Waals surface area contributed by atoms with Crippen molar-refractivity contribution in [2.24, 2.45) is 20.5 Å². The van der Waals surface area contributed by atoms with Gasteiger partial charge in [-0.1, -0.05) is 36.1 Å². The fourth-order valence-corrected chi connectivity index (χ4v) is 5.49. The first-order valence-corrected chi connectivity index (χ1v) is 15.8. The van der Waals surface area contributed by atoms with Crippen molar-refractivity contribution in [3.8, 4) is 11.5 Å². The Hall–Kier alpha value is -3.22. The summed E-state index contributed by atoms with van der Waals surface area (Å²) in [4.78, 5) is -1.17.